The van der Waals surface area contributed by atoms with E-state index in [9.17, 15) is 14.4 Å². The van der Waals surface area contributed by atoms with Gasteiger partial charge < -0.3 is 19.7 Å². The molecule has 3 N–H and O–H groups in total. The quantitative estimate of drug-likeness (QED) is 0.136. The van der Waals surface area contributed by atoms with Gasteiger partial charge in [0.15, 0.2) is 0 Å². The van der Waals surface area contributed by atoms with E-state index in [1.54, 1.807) is 6.33 Å². The molecule has 58 heavy (non-hydrogen) atoms. The number of benzene rings is 3. The molecule has 2 saturated carbocycles. The van der Waals surface area contributed by atoms with E-state index in [1.165, 1.54) is 11.3 Å². The van der Waals surface area contributed by atoms with Crippen LogP contribution in [0.3, 0.4) is 0 Å². The molecule has 2 aliphatic carbocycles. The molecule has 3 aromatic heterocycles. The third-order valence-corrected chi connectivity index (χ3v) is 13.2. The highest BCUT2D eigenvalue weighted by atomic mass is 16.5. The largest absolute Gasteiger partial charge is 0.369 e. The Labute approximate surface area is 336 Å². The van der Waals surface area contributed by atoms with Gasteiger partial charge in [-0.05, 0) is 92.3 Å². The molecule has 296 valence electrons. The molecule has 0 radical (unpaired) electrons. The second-order valence-corrected chi connectivity index (χ2v) is 17.1. The van der Waals surface area contributed by atoms with E-state index in [4.69, 9.17) is 9.51 Å². The smallest absolute Gasteiger partial charge is 0.293 e. The van der Waals surface area contributed by atoms with Gasteiger partial charge in [0.25, 0.3) is 11.7 Å². The standard InChI is InChI=1S/C45H47N9O4/c1-25-20-29(8-10-33(25)26(2)48-43(57)41-51-44(58-52-41)45(3)14-15-45)39-38-35-11-9-31(23-36(35)49-40(38)47-24-46-39)53-16-18-54(19-17-53)32-21-30(22-32)27-4-6-28(7-5-27)34-12-13-37(55)50-42(34)56/h4-11,20,23-24,26,30,32,34H,12-19,21-22H2,1-3H3,(H,48,57)(H,46,47,49)(H,50,55,56)/t26-,30?,32?,34+/m1/s1. The summed E-state index contributed by atoms with van der Waals surface area (Å²) in [7, 11) is 0. The fourth-order valence-electron chi connectivity index (χ4n) is 9.26. The monoisotopic (exact) mass is 777 g/mol. The molecule has 4 aliphatic rings. The summed E-state index contributed by atoms with van der Waals surface area (Å²) in [5, 5.41) is 11.5. The highest BCUT2D eigenvalue weighted by molar-refractivity contribution is 6.12. The first-order chi connectivity index (χ1) is 28.1. The van der Waals surface area contributed by atoms with Gasteiger partial charge in [-0.25, -0.2) is 9.97 Å². The van der Waals surface area contributed by atoms with E-state index >= 15 is 0 Å². The predicted molar refractivity (Wildman–Crippen MR) is 219 cm³/mol. The normalized spacial score (nSPS) is 22.5. The number of anilines is 1. The molecule has 0 bridgehead atoms. The minimum atomic E-state index is -0.353. The zero-order chi connectivity index (χ0) is 39.7. The molecule has 13 nitrogen and oxygen atoms in total. The van der Waals surface area contributed by atoms with Crippen molar-refractivity contribution < 1.29 is 18.9 Å². The molecule has 10 rings (SSSR count). The van der Waals surface area contributed by atoms with Gasteiger partial charge in [0.05, 0.1) is 23.0 Å². The van der Waals surface area contributed by atoms with Gasteiger partial charge >= 0.3 is 0 Å². The van der Waals surface area contributed by atoms with Crippen LogP contribution in [-0.4, -0.2) is 79.9 Å². The number of nitrogens with zero attached hydrogens (tertiary/aromatic N) is 6. The highest BCUT2D eigenvalue weighted by Crippen LogP contribution is 2.46. The third kappa shape index (κ3) is 6.60. The summed E-state index contributed by atoms with van der Waals surface area (Å²) >= 11 is 0. The summed E-state index contributed by atoms with van der Waals surface area (Å²) in [6.07, 6.45) is 6.89. The summed E-state index contributed by atoms with van der Waals surface area (Å²) in [6.45, 7) is 10.1. The molecule has 3 amide bonds. The van der Waals surface area contributed by atoms with Crippen molar-refractivity contribution in [2.24, 2.45) is 0 Å². The van der Waals surface area contributed by atoms with E-state index in [-0.39, 0.29) is 40.9 Å². The van der Waals surface area contributed by atoms with Crippen molar-refractivity contribution in [2.75, 3.05) is 31.1 Å². The van der Waals surface area contributed by atoms with E-state index in [1.807, 2.05) is 6.92 Å². The number of nitrogens with one attached hydrogen (secondary N) is 3. The number of imide groups is 1. The topological polar surface area (TPSA) is 162 Å². The summed E-state index contributed by atoms with van der Waals surface area (Å²) in [5.41, 5.74) is 9.16. The zero-order valence-electron chi connectivity index (χ0n) is 33.0. The number of aromatic amines is 1. The maximum Gasteiger partial charge on any atom is 0.293 e. The number of carbonyl (C=O) groups is 3. The predicted octanol–water partition coefficient (Wildman–Crippen LogP) is 6.60. The Morgan fingerprint density at radius 1 is 0.966 bits per heavy atom. The van der Waals surface area contributed by atoms with Gasteiger partial charge in [-0.2, -0.15) is 4.98 Å². The SMILES string of the molecule is Cc1cc(-c2ncnc3[nH]c4cc(N5CCN(C6CC(c7ccc([C@@H]8CCC(=O)NC8=O)cc7)C6)CC5)ccc4c23)ccc1[C@@H](C)NC(=O)c1noc(C2(C)CC2)n1. The average Bonchev–Trinajstić information content (AvgIpc) is 3.58. The second kappa shape index (κ2) is 14.2. The highest BCUT2D eigenvalue weighted by Gasteiger charge is 2.45. The minimum Gasteiger partial charge on any atom is -0.369 e. The second-order valence-electron chi connectivity index (χ2n) is 17.1. The van der Waals surface area contributed by atoms with Gasteiger partial charge in [0, 0.05) is 66.2 Å². The van der Waals surface area contributed by atoms with Crippen molar-refractivity contribution in [3.8, 4) is 11.3 Å². The number of piperazine rings is 1. The summed E-state index contributed by atoms with van der Waals surface area (Å²) in [4.78, 5) is 59.3. The Morgan fingerprint density at radius 2 is 1.74 bits per heavy atom. The maximum atomic E-state index is 13.0. The van der Waals surface area contributed by atoms with Crippen LogP contribution in [-0.2, 0) is 15.0 Å². The van der Waals surface area contributed by atoms with Gasteiger partial charge in [-0.15, -0.1) is 0 Å². The molecule has 2 saturated heterocycles. The van der Waals surface area contributed by atoms with Crippen molar-refractivity contribution in [3.63, 3.8) is 0 Å². The van der Waals surface area contributed by atoms with Crippen LogP contribution in [0.5, 0.6) is 0 Å². The number of carbonyl (C=O) groups excluding carboxylic acids is 3. The minimum absolute atomic E-state index is 0.0648. The number of hydrogen-bond acceptors (Lipinski definition) is 10. The van der Waals surface area contributed by atoms with Crippen LogP contribution < -0.4 is 15.5 Å². The van der Waals surface area contributed by atoms with Crippen LogP contribution in [0.25, 0.3) is 33.2 Å². The van der Waals surface area contributed by atoms with Gasteiger partial charge in [-0.1, -0.05) is 54.5 Å². The van der Waals surface area contributed by atoms with Gasteiger partial charge in [-0.3, -0.25) is 24.6 Å². The Kier molecular flexibility index (Phi) is 8.88. The van der Waals surface area contributed by atoms with Crippen LogP contribution in [0.4, 0.5) is 5.69 Å². The Balaban J connectivity index is 0.775. The number of H-pyrrole nitrogens is 1. The van der Waals surface area contributed by atoms with Crippen LogP contribution in [0.1, 0.15) is 109 Å². The fraction of sp³-hybridized carbons (Fsp3) is 0.400. The molecule has 0 unspecified atom stereocenters. The summed E-state index contributed by atoms with van der Waals surface area (Å²) in [5.74, 6) is 0.196. The maximum absolute atomic E-state index is 13.0. The molecular formula is C45H47N9O4. The lowest BCUT2D eigenvalue weighted by Crippen LogP contribution is -2.53. The molecule has 6 aromatic rings. The lowest BCUT2D eigenvalue weighted by molar-refractivity contribution is -0.134. The lowest BCUT2D eigenvalue weighted by Gasteiger charge is -2.47. The van der Waals surface area contributed by atoms with Crippen molar-refractivity contribution in [1.82, 2.24) is 40.6 Å². The lowest BCUT2D eigenvalue weighted by atomic mass is 9.74. The first-order valence-corrected chi connectivity index (χ1v) is 20.6. The molecule has 13 heteroatoms. The van der Waals surface area contributed by atoms with Crippen molar-refractivity contribution in [2.45, 2.75) is 88.6 Å². The van der Waals surface area contributed by atoms with Crippen molar-refractivity contribution >= 4 is 45.3 Å². The number of amides is 3. The van der Waals surface area contributed by atoms with E-state index in [0.29, 0.717) is 30.7 Å². The van der Waals surface area contributed by atoms with E-state index < -0.39 is 0 Å². The van der Waals surface area contributed by atoms with Gasteiger partial charge in [0.1, 0.15) is 12.0 Å². The molecular weight excluding hydrogens is 731 g/mol. The fourth-order valence-corrected chi connectivity index (χ4v) is 9.26. The zero-order valence-corrected chi connectivity index (χ0v) is 33.0. The molecule has 2 aliphatic heterocycles. The van der Waals surface area contributed by atoms with Crippen LogP contribution in [0.2, 0.25) is 0 Å². The van der Waals surface area contributed by atoms with Crippen LogP contribution in [0, 0.1) is 6.92 Å². The van der Waals surface area contributed by atoms with Gasteiger partial charge in [0.2, 0.25) is 17.7 Å². The molecule has 2 atom stereocenters. The number of aryl methyl sites for hydroxylation is 1. The Morgan fingerprint density at radius 3 is 2.48 bits per heavy atom. The van der Waals surface area contributed by atoms with E-state index in [0.717, 1.165) is 102 Å². The van der Waals surface area contributed by atoms with E-state index in [2.05, 4.69) is 115 Å². The van der Waals surface area contributed by atoms with Crippen LogP contribution in [0.15, 0.2) is 71.5 Å². The number of fused-ring (bicyclic) bond motifs is 3. The first-order valence-electron chi connectivity index (χ1n) is 20.6. The third-order valence-electron chi connectivity index (χ3n) is 13.2. The molecule has 5 heterocycles. The first kappa shape index (κ1) is 36.4. The number of piperidine rings is 1. The van der Waals surface area contributed by atoms with Crippen LogP contribution >= 0.6 is 0 Å². The Bertz CT molecular complexity index is 2580. The van der Waals surface area contributed by atoms with Crippen molar-refractivity contribution in [3.05, 3.63) is 101 Å². The number of hydrogen-bond donors (Lipinski definition) is 3. The molecule has 4 fully saturated rings. The number of aromatic nitrogens is 5. The molecule has 3 aromatic carbocycles. The summed E-state index contributed by atoms with van der Waals surface area (Å²) < 4.78 is 5.38. The average molecular weight is 778 g/mol. The number of rotatable bonds is 9. The molecule has 0 spiro atoms. The van der Waals surface area contributed by atoms with Crippen molar-refractivity contribution in [1.29, 1.82) is 0 Å². The Hall–Kier alpha value is -5.95. The summed E-state index contributed by atoms with van der Waals surface area (Å²) in [6, 6.07) is 21.7.